The van der Waals surface area contributed by atoms with Gasteiger partial charge in [0.1, 0.15) is 23.0 Å². The van der Waals surface area contributed by atoms with Gasteiger partial charge in [-0.15, -0.1) is 0 Å². The number of aryl methyl sites for hydroxylation is 4. The molecule has 4 heteroatoms. The molecule has 4 N–H and O–H groups in total. The summed E-state index contributed by atoms with van der Waals surface area (Å²) < 4.78 is 0. The van der Waals surface area contributed by atoms with Crippen LogP contribution in [0.25, 0.3) is 0 Å². The number of hydrogen-bond donors (Lipinski definition) is 4. The van der Waals surface area contributed by atoms with E-state index >= 15 is 0 Å². The predicted molar refractivity (Wildman–Crippen MR) is 290 cm³/mol. The van der Waals surface area contributed by atoms with Crippen LogP contribution in [0.1, 0.15) is 229 Å². The fraction of sp³-hybridized carbons (Fsp3) is 0.531. The first-order valence-corrected chi connectivity index (χ1v) is 26.1. The lowest BCUT2D eigenvalue weighted by atomic mass is 9.60. The van der Waals surface area contributed by atoms with Crippen LogP contribution in [0, 0.1) is 5.92 Å². The summed E-state index contributed by atoms with van der Waals surface area (Å²) in [5, 5.41) is 47.4. The lowest BCUT2D eigenvalue weighted by molar-refractivity contribution is 0.316. The maximum Gasteiger partial charge on any atom is 0.123 e. The van der Waals surface area contributed by atoms with E-state index in [0.29, 0.717) is 23.0 Å². The molecule has 0 atom stereocenters. The van der Waals surface area contributed by atoms with Gasteiger partial charge in [-0.3, -0.25) is 0 Å². The van der Waals surface area contributed by atoms with Crippen LogP contribution in [-0.2, 0) is 58.2 Å². The van der Waals surface area contributed by atoms with Gasteiger partial charge in [0, 0.05) is 27.7 Å². The Hall–Kier alpha value is -4.70. The number of aromatic hydroxyl groups is 4. The van der Waals surface area contributed by atoms with Crippen LogP contribution < -0.4 is 0 Å². The van der Waals surface area contributed by atoms with Gasteiger partial charge in [0.05, 0.1) is 5.41 Å². The third-order valence-corrected chi connectivity index (χ3v) is 15.2. The van der Waals surface area contributed by atoms with Gasteiger partial charge in [-0.2, -0.15) is 0 Å². The van der Waals surface area contributed by atoms with Gasteiger partial charge in [-0.05, 0) is 116 Å². The largest absolute Gasteiger partial charge is 0.507 e. The first-order valence-electron chi connectivity index (χ1n) is 26.1. The van der Waals surface area contributed by atoms with Crippen molar-refractivity contribution in [3.05, 3.63) is 151 Å². The molecule has 0 aliphatic heterocycles. The highest BCUT2D eigenvalue weighted by Crippen LogP contribution is 2.56. The van der Waals surface area contributed by atoms with Crippen molar-refractivity contribution in [3.63, 3.8) is 0 Å². The predicted octanol–water partition coefficient (Wildman–Crippen LogP) is 16.9. The van der Waals surface area contributed by atoms with E-state index in [1.807, 2.05) is 6.07 Å². The molecule has 1 saturated carbocycles. The van der Waals surface area contributed by atoms with E-state index in [1.165, 1.54) is 28.7 Å². The van der Waals surface area contributed by atoms with Crippen LogP contribution in [0.15, 0.2) is 78.9 Å². The minimum Gasteiger partial charge on any atom is -0.507 e. The first-order chi connectivity index (χ1) is 31.5. The highest BCUT2D eigenvalue weighted by atomic mass is 16.3. The molecule has 0 aromatic heterocycles. The second-order valence-corrected chi connectivity index (χ2v) is 24.5. The monoisotopic (exact) mass is 923 g/mol. The number of benzene rings is 5. The molecule has 0 unspecified atom stereocenters. The van der Waals surface area contributed by atoms with Gasteiger partial charge < -0.3 is 20.4 Å². The van der Waals surface area contributed by atoms with Crippen molar-refractivity contribution < 1.29 is 20.4 Å². The maximum atomic E-state index is 12.0. The zero-order valence-corrected chi connectivity index (χ0v) is 45.7. The van der Waals surface area contributed by atoms with Gasteiger partial charge in [0.15, 0.2) is 0 Å². The first kappa shape index (κ1) is 54.2. The third-order valence-electron chi connectivity index (χ3n) is 15.2. The van der Waals surface area contributed by atoms with Gasteiger partial charge >= 0.3 is 0 Å². The summed E-state index contributed by atoms with van der Waals surface area (Å²) >= 11 is 0. The van der Waals surface area contributed by atoms with Crippen LogP contribution in [0.4, 0.5) is 0 Å². The van der Waals surface area contributed by atoms with Crippen LogP contribution in [0.5, 0.6) is 23.0 Å². The zero-order valence-electron chi connectivity index (χ0n) is 45.7. The molecule has 4 nitrogen and oxygen atoms in total. The fourth-order valence-corrected chi connectivity index (χ4v) is 11.2. The molecule has 68 heavy (non-hydrogen) atoms. The SMILES string of the molecule is CCc1cc(C(C)(C)C)c(O)c(C(c2ccccc2)(c2cc(CC)cc(C(C)(C)C)c2O)C(C)C)c1.CCc1cc(C(C)(C)C)c(O)c(C2(c3cc(CC)cc(C(C)(C)C)c3O)CCCCC2)c1. The average Bonchev–Trinajstić information content (AvgIpc) is 3.26. The summed E-state index contributed by atoms with van der Waals surface area (Å²) in [5.41, 5.74) is 11.8. The van der Waals surface area contributed by atoms with Crippen LogP contribution in [-0.4, -0.2) is 20.4 Å². The molecule has 5 aromatic carbocycles. The van der Waals surface area contributed by atoms with Crippen molar-refractivity contribution >= 4 is 0 Å². The Labute approximate surface area is 413 Å². The van der Waals surface area contributed by atoms with Crippen LogP contribution in [0.2, 0.25) is 0 Å². The highest BCUT2D eigenvalue weighted by Gasteiger charge is 2.46. The zero-order chi connectivity index (χ0) is 50.9. The summed E-state index contributed by atoms with van der Waals surface area (Å²) in [6.07, 6.45) is 8.96. The molecule has 1 aliphatic carbocycles. The molecule has 370 valence electrons. The Morgan fingerprint density at radius 2 is 0.706 bits per heavy atom. The Morgan fingerprint density at radius 1 is 0.412 bits per heavy atom. The van der Waals surface area contributed by atoms with E-state index in [9.17, 15) is 20.4 Å². The quantitative estimate of drug-likeness (QED) is 0.105. The standard InChI is InChI=1S/C34H46O2.C30H44O2/c1-11-23-18-26(32(5,6)7)30(35)28(20-23)34(22(3)4,25-16-14-13-15-17-25)29-21-24(12-2)19-27(31(29)36)33(8,9)10;1-9-20-16-22(28(3,4)5)26(31)24(18-20)30(14-12-11-13-15-30)25-19-21(10-2)17-23(27(25)32)29(6,7)8/h13-22,35-36H,11-12H2,1-10H3;16-19,31-32H,9-15H2,1-8H3. The second-order valence-electron chi connectivity index (χ2n) is 24.5. The smallest absolute Gasteiger partial charge is 0.123 e. The summed E-state index contributed by atoms with van der Waals surface area (Å²) in [5.74, 6) is 1.56. The molecular weight excluding hydrogens is 833 g/mol. The van der Waals surface area contributed by atoms with Crippen molar-refractivity contribution in [2.75, 3.05) is 0 Å². The van der Waals surface area contributed by atoms with Crippen molar-refractivity contribution in [3.8, 4) is 23.0 Å². The third kappa shape index (κ3) is 10.6. The lowest BCUT2D eigenvalue weighted by Gasteiger charge is -2.42. The minimum atomic E-state index is -0.744. The van der Waals surface area contributed by atoms with Crippen molar-refractivity contribution in [2.45, 2.75) is 215 Å². The lowest BCUT2D eigenvalue weighted by Crippen LogP contribution is -2.36. The Morgan fingerprint density at radius 3 is 1.00 bits per heavy atom. The van der Waals surface area contributed by atoms with Crippen molar-refractivity contribution in [2.24, 2.45) is 5.92 Å². The molecule has 0 spiro atoms. The minimum absolute atomic E-state index is 0.0524. The van der Waals surface area contributed by atoms with Crippen molar-refractivity contribution in [1.29, 1.82) is 0 Å². The number of phenols is 4. The average molecular weight is 923 g/mol. The van der Waals surface area contributed by atoms with Crippen LogP contribution in [0.3, 0.4) is 0 Å². The van der Waals surface area contributed by atoms with E-state index in [1.54, 1.807) is 0 Å². The normalized spacial score (nSPS) is 14.8. The summed E-state index contributed by atoms with van der Waals surface area (Å²) in [4.78, 5) is 0. The molecule has 0 saturated heterocycles. The maximum absolute atomic E-state index is 12.0. The molecule has 0 heterocycles. The van der Waals surface area contributed by atoms with E-state index in [0.717, 1.165) is 101 Å². The van der Waals surface area contributed by atoms with Crippen molar-refractivity contribution in [1.82, 2.24) is 0 Å². The molecular formula is C64H90O4. The van der Waals surface area contributed by atoms with Crippen LogP contribution >= 0.6 is 0 Å². The van der Waals surface area contributed by atoms with Gasteiger partial charge in [0.2, 0.25) is 0 Å². The second kappa shape index (κ2) is 20.3. The Bertz CT molecular complexity index is 2380. The Balaban J connectivity index is 0.000000256. The highest BCUT2D eigenvalue weighted by molar-refractivity contribution is 5.65. The Kier molecular flexibility index (Phi) is 16.2. The number of hydrogen-bond acceptors (Lipinski definition) is 4. The van der Waals surface area contributed by atoms with Gasteiger partial charge in [0.25, 0.3) is 0 Å². The van der Waals surface area contributed by atoms with E-state index in [4.69, 9.17) is 0 Å². The summed E-state index contributed by atoms with van der Waals surface area (Å²) in [6.45, 7) is 39.0. The molecule has 0 amide bonds. The fourth-order valence-electron chi connectivity index (χ4n) is 11.2. The topological polar surface area (TPSA) is 80.9 Å². The molecule has 0 radical (unpaired) electrons. The van der Waals surface area contributed by atoms with E-state index in [2.05, 4.69) is 197 Å². The van der Waals surface area contributed by atoms with E-state index in [-0.39, 0.29) is 33.0 Å². The molecule has 1 fully saturated rings. The van der Waals surface area contributed by atoms with E-state index < -0.39 is 5.41 Å². The molecule has 1 aliphatic rings. The molecule has 5 aromatic rings. The number of phenolic OH excluding ortho intramolecular Hbond substituents is 4. The number of rotatable bonds is 10. The van der Waals surface area contributed by atoms with Gasteiger partial charge in [-0.1, -0.05) is 223 Å². The molecule has 0 bridgehead atoms. The van der Waals surface area contributed by atoms with Gasteiger partial charge in [-0.25, -0.2) is 0 Å². The molecule has 6 rings (SSSR count). The summed E-state index contributed by atoms with van der Waals surface area (Å²) in [6, 6.07) is 27.9. The summed E-state index contributed by atoms with van der Waals surface area (Å²) in [7, 11) is 0.